The zero-order chi connectivity index (χ0) is 22.1. The number of halogens is 1. The van der Waals surface area contributed by atoms with Crippen LogP contribution < -0.4 is 10.1 Å². The van der Waals surface area contributed by atoms with Crippen molar-refractivity contribution in [2.75, 3.05) is 25.5 Å². The van der Waals surface area contributed by atoms with E-state index < -0.39 is 10.0 Å². The highest BCUT2D eigenvalue weighted by Crippen LogP contribution is 2.31. The van der Waals surface area contributed by atoms with Gasteiger partial charge in [-0.05, 0) is 74.6 Å². The lowest BCUT2D eigenvalue weighted by Gasteiger charge is -2.31. The number of carbonyl (C=O) groups is 1. The maximum atomic E-state index is 13.1. The number of carbonyl (C=O) groups excluding carboxylic acids is 1. The van der Waals surface area contributed by atoms with Gasteiger partial charge in [0.25, 0.3) is 0 Å². The monoisotopic (exact) mass is 494 g/mol. The zero-order valence-corrected chi connectivity index (χ0v) is 20.1. The molecule has 0 aromatic heterocycles. The van der Waals surface area contributed by atoms with E-state index >= 15 is 0 Å². The van der Waals surface area contributed by atoms with E-state index in [0.29, 0.717) is 31.7 Å². The Labute approximate surface area is 186 Å². The van der Waals surface area contributed by atoms with E-state index in [4.69, 9.17) is 4.74 Å². The molecule has 0 spiro atoms. The van der Waals surface area contributed by atoms with Gasteiger partial charge in [-0.25, -0.2) is 8.42 Å². The third kappa shape index (κ3) is 4.71. The fourth-order valence-corrected chi connectivity index (χ4v) is 6.21. The second kappa shape index (κ2) is 9.08. The van der Waals surface area contributed by atoms with Gasteiger partial charge in [0.05, 0.1) is 7.11 Å². The summed E-state index contributed by atoms with van der Waals surface area (Å²) in [6.45, 7) is 6.36. The Balaban J connectivity index is 1.70. The Kier molecular flexibility index (Phi) is 6.89. The summed E-state index contributed by atoms with van der Waals surface area (Å²) < 4.78 is 34.0. The summed E-state index contributed by atoms with van der Waals surface area (Å²) in [5, 5.41) is 3.04. The van der Waals surface area contributed by atoms with Gasteiger partial charge < -0.3 is 10.1 Å². The number of ether oxygens (including phenoxy) is 1. The highest BCUT2D eigenvalue weighted by molar-refractivity contribution is 9.10. The minimum Gasteiger partial charge on any atom is -0.495 e. The second-order valence-electron chi connectivity index (χ2n) is 7.74. The molecule has 1 amide bonds. The molecular weight excluding hydrogens is 468 g/mol. The van der Waals surface area contributed by atoms with E-state index in [9.17, 15) is 13.2 Å². The van der Waals surface area contributed by atoms with Crippen molar-refractivity contribution in [2.45, 2.75) is 38.5 Å². The van der Waals surface area contributed by atoms with Crippen LogP contribution >= 0.6 is 15.9 Å². The molecule has 0 unspecified atom stereocenters. The number of hydrogen-bond donors (Lipinski definition) is 1. The minimum atomic E-state index is -3.68. The number of aryl methyl sites for hydroxylation is 3. The number of amides is 1. The quantitative estimate of drug-likeness (QED) is 0.667. The predicted molar refractivity (Wildman–Crippen MR) is 121 cm³/mol. The lowest BCUT2D eigenvalue weighted by Crippen LogP contribution is -2.41. The highest BCUT2D eigenvalue weighted by Gasteiger charge is 2.34. The first-order valence-electron chi connectivity index (χ1n) is 9.86. The lowest BCUT2D eigenvalue weighted by molar-refractivity contribution is -0.120. The zero-order valence-electron chi connectivity index (χ0n) is 17.7. The first-order valence-corrected chi connectivity index (χ1v) is 12.1. The van der Waals surface area contributed by atoms with Crippen molar-refractivity contribution in [2.24, 2.45) is 5.92 Å². The maximum Gasteiger partial charge on any atom is 0.246 e. The average Bonchev–Trinajstić information content (AvgIpc) is 2.70. The van der Waals surface area contributed by atoms with Crippen LogP contribution in [-0.2, 0) is 14.8 Å². The molecule has 0 aliphatic carbocycles. The second-order valence-corrected chi connectivity index (χ2v) is 10.6. The number of hydrogen-bond acceptors (Lipinski definition) is 4. The Morgan fingerprint density at radius 3 is 2.27 bits per heavy atom. The van der Waals surface area contributed by atoms with Gasteiger partial charge in [-0.3, -0.25) is 4.79 Å². The molecule has 1 aliphatic heterocycles. The highest BCUT2D eigenvalue weighted by atomic mass is 79.9. The molecular formula is C22H27BrN2O4S. The van der Waals surface area contributed by atoms with E-state index in [1.165, 1.54) is 11.4 Å². The molecule has 0 atom stereocenters. The van der Waals surface area contributed by atoms with Crippen molar-refractivity contribution in [1.82, 2.24) is 4.31 Å². The largest absolute Gasteiger partial charge is 0.495 e. The molecule has 1 N–H and O–H groups in total. The van der Waals surface area contributed by atoms with Crippen LogP contribution in [0.15, 0.2) is 39.7 Å². The van der Waals surface area contributed by atoms with Crippen molar-refractivity contribution in [1.29, 1.82) is 0 Å². The molecule has 0 bridgehead atoms. The van der Waals surface area contributed by atoms with Crippen LogP contribution in [0, 0.1) is 26.7 Å². The van der Waals surface area contributed by atoms with E-state index in [-0.39, 0.29) is 16.7 Å². The molecule has 1 aliphatic rings. The first-order chi connectivity index (χ1) is 14.1. The third-order valence-electron chi connectivity index (χ3n) is 5.51. The van der Waals surface area contributed by atoms with Crippen LogP contribution in [0.3, 0.4) is 0 Å². The summed E-state index contributed by atoms with van der Waals surface area (Å²) in [5.41, 5.74) is 3.65. The molecule has 30 heavy (non-hydrogen) atoms. The molecule has 1 saturated heterocycles. The maximum absolute atomic E-state index is 13.1. The number of benzene rings is 2. The Bertz CT molecular complexity index is 1040. The van der Waals surface area contributed by atoms with Gasteiger partial charge in [0.2, 0.25) is 15.9 Å². The predicted octanol–water partition coefficient (Wildman–Crippen LogP) is 4.42. The summed E-state index contributed by atoms with van der Waals surface area (Å²) in [6, 6.07) is 9.05. The summed E-state index contributed by atoms with van der Waals surface area (Å²) >= 11 is 3.46. The Morgan fingerprint density at radius 2 is 1.70 bits per heavy atom. The number of sulfonamides is 1. The summed E-state index contributed by atoms with van der Waals surface area (Å²) in [5.74, 6) is 0.0497. The number of nitrogens with one attached hydrogen (secondary N) is 1. The number of methoxy groups -OCH3 is 1. The van der Waals surface area contributed by atoms with Gasteiger partial charge >= 0.3 is 0 Å². The van der Waals surface area contributed by atoms with Gasteiger partial charge in [-0.2, -0.15) is 4.31 Å². The van der Waals surface area contributed by atoms with Crippen molar-refractivity contribution < 1.29 is 17.9 Å². The van der Waals surface area contributed by atoms with Gasteiger partial charge in [0.15, 0.2) is 0 Å². The molecule has 0 saturated carbocycles. The van der Waals surface area contributed by atoms with E-state index in [2.05, 4.69) is 21.2 Å². The molecule has 3 rings (SSSR count). The van der Waals surface area contributed by atoms with Crippen LogP contribution in [0.4, 0.5) is 5.69 Å². The molecule has 2 aromatic rings. The normalized spacial score (nSPS) is 15.8. The first kappa shape index (κ1) is 22.8. The van der Waals surface area contributed by atoms with Gasteiger partial charge in [0.1, 0.15) is 10.6 Å². The van der Waals surface area contributed by atoms with E-state index in [1.54, 1.807) is 12.1 Å². The fraction of sp³-hybridized carbons (Fsp3) is 0.409. The third-order valence-corrected chi connectivity index (χ3v) is 7.89. The van der Waals surface area contributed by atoms with Crippen LogP contribution in [0.5, 0.6) is 5.75 Å². The van der Waals surface area contributed by atoms with Crippen LogP contribution in [0.25, 0.3) is 0 Å². The molecule has 8 heteroatoms. The minimum absolute atomic E-state index is 0.0614. The number of anilines is 1. The van der Waals surface area contributed by atoms with Crippen LogP contribution in [0.1, 0.15) is 29.5 Å². The van der Waals surface area contributed by atoms with E-state index in [1.807, 2.05) is 39.0 Å². The topological polar surface area (TPSA) is 75.7 Å². The van der Waals surface area contributed by atoms with Gasteiger partial charge in [-0.15, -0.1) is 0 Å². The molecule has 1 heterocycles. The summed E-state index contributed by atoms with van der Waals surface area (Å²) in [4.78, 5) is 13.0. The smallest absolute Gasteiger partial charge is 0.246 e. The van der Waals surface area contributed by atoms with Crippen molar-refractivity contribution >= 4 is 37.5 Å². The Morgan fingerprint density at radius 1 is 1.10 bits per heavy atom. The molecule has 2 aromatic carbocycles. The molecule has 1 fully saturated rings. The van der Waals surface area contributed by atoms with E-state index in [0.717, 1.165) is 26.9 Å². The van der Waals surface area contributed by atoms with Gasteiger partial charge in [0, 0.05) is 29.2 Å². The van der Waals surface area contributed by atoms with Crippen molar-refractivity contribution in [3.63, 3.8) is 0 Å². The van der Waals surface area contributed by atoms with Crippen molar-refractivity contribution in [3.05, 3.63) is 51.5 Å². The average molecular weight is 495 g/mol. The lowest BCUT2D eigenvalue weighted by atomic mass is 9.96. The summed E-state index contributed by atoms with van der Waals surface area (Å²) in [6.07, 6.45) is 0.960. The number of nitrogens with zero attached hydrogens (tertiary/aromatic N) is 1. The molecule has 6 nitrogen and oxygen atoms in total. The standard InChI is InChI=1S/C22H27BrN2O4S/c1-14-5-6-19(29-4)20(11-14)30(27,28)25-9-7-17(8-10-25)22(26)24-21-15(2)12-18(23)13-16(21)3/h5-6,11-13,17H,7-10H2,1-4H3,(H,24,26). The Hall–Kier alpha value is -1.90. The number of piperidine rings is 1. The van der Waals surface area contributed by atoms with Crippen LogP contribution in [-0.4, -0.2) is 38.8 Å². The number of rotatable bonds is 5. The molecule has 0 radical (unpaired) electrons. The SMILES string of the molecule is COc1ccc(C)cc1S(=O)(=O)N1CCC(C(=O)Nc2c(C)cc(Br)cc2C)CC1. The fourth-order valence-electron chi connectivity index (χ4n) is 3.82. The summed E-state index contributed by atoms with van der Waals surface area (Å²) in [7, 11) is -2.22. The van der Waals surface area contributed by atoms with Crippen LogP contribution in [0.2, 0.25) is 0 Å². The molecule has 162 valence electrons. The van der Waals surface area contributed by atoms with Crippen molar-refractivity contribution in [3.8, 4) is 5.75 Å². The van der Waals surface area contributed by atoms with Gasteiger partial charge in [-0.1, -0.05) is 22.0 Å².